The predicted octanol–water partition coefficient (Wildman–Crippen LogP) is 3.68. The molecule has 3 rings (SSSR count). The minimum atomic E-state index is -0.625. The molecule has 0 aliphatic carbocycles. The van der Waals surface area contributed by atoms with Crippen LogP contribution in [0.15, 0.2) is 53.5 Å². The quantitative estimate of drug-likeness (QED) is 0.282. The van der Waals surface area contributed by atoms with E-state index in [4.69, 9.17) is 5.26 Å². The van der Waals surface area contributed by atoms with Gasteiger partial charge in [0, 0.05) is 6.42 Å². The van der Waals surface area contributed by atoms with Gasteiger partial charge in [-0.3, -0.25) is 14.9 Å². The van der Waals surface area contributed by atoms with Gasteiger partial charge in [-0.1, -0.05) is 55.1 Å². The molecular weight excluding hydrogens is 372 g/mol. The Labute approximate surface area is 168 Å². The van der Waals surface area contributed by atoms with Crippen LogP contribution in [0.4, 0.5) is 11.4 Å². The van der Waals surface area contributed by atoms with E-state index in [9.17, 15) is 9.59 Å². The number of aryl methyl sites for hydroxylation is 2. The number of benzene rings is 2. The maximum Gasteiger partial charge on any atom is 0.247 e. The number of rotatable bonds is 4. The molecule has 142 valence electrons. The van der Waals surface area contributed by atoms with E-state index in [1.165, 1.54) is 4.90 Å². The van der Waals surface area contributed by atoms with Crippen LogP contribution in [-0.2, 0) is 16.0 Å². The minimum Gasteiger partial charge on any atom is -0.274 e. The lowest BCUT2D eigenvalue weighted by atomic mass is 10.0. The van der Waals surface area contributed by atoms with E-state index in [1.54, 1.807) is 12.1 Å². The SMILES string of the molecule is CCc1cccc(C)c1N1C(=O)C[C@@H](SC(=Nc2ccccc2)NC#N)C1=O. The fourth-order valence-corrected chi connectivity index (χ4v) is 4.11. The first kappa shape index (κ1) is 19.6. The van der Waals surface area contributed by atoms with Gasteiger partial charge in [0.05, 0.1) is 11.4 Å². The summed E-state index contributed by atoms with van der Waals surface area (Å²) in [7, 11) is 0. The smallest absolute Gasteiger partial charge is 0.247 e. The Morgan fingerprint density at radius 1 is 1.25 bits per heavy atom. The summed E-state index contributed by atoms with van der Waals surface area (Å²) >= 11 is 1.11. The lowest BCUT2D eigenvalue weighted by Gasteiger charge is -2.20. The summed E-state index contributed by atoms with van der Waals surface area (Å²) in [6, 6.07) is 14.9. The van der Waals surface area contributed by atoms with Crippen molar-refractivity contribution in [1.29, 1.82) is 5.26 Å². The number of para-hydroxylation sites is 2. The summed E-state index contributed by atoms with van der Waals surface area (Å²) in [6.45, 7) is 3.89. The molecule has 1 atom stereocenters. The molecule has 2 aromatic rings. The van der Waals surface area contributed by atoms with E-state index < -0.39 is 5.25 Å². The number of nitrogens with one attached hydrogen (secondary N) is 1. The lowest BCUT2D eigenvalue weighted by molar-refractivity contribution is -0.121. The highest BCUT2D eigenvalue weighted by atomic mass is 32.2. The molecule has 0 saturated carbocycles. The fourth-order valence-electron chi connectivity index (χ4n) is 3.14. The van der Waals surface area contributed by atoms with Gasteiger partial charge in [0.15, 0.2) is 11.4 Å². The lowest BCUT2D eigenvalue weighted by Crippen LogP contribution is -2.33. The monoisotopic (exact) mass is 392 g/mol. The number of carbonyl (C=O) groups is 2. The first-order chi connectivity index (χ1) is 13.5. The van der Waals surface area contributed by atoms with E-state index in [0.29, 0.717) is 16.5 Å². The molecule has 1 aliphatic heterocycles. The highest BCUT2D eigenvalue weighted by Gasteiger charge is 2.42. The second-order valence-electron chi connectivity index (χ2n) is 6.30. The summed E-state index contributed by atoms with van der Waals surface area (Å²) in [5, 5.41) is 11.2. The number of hydrogen-bond acceptors (Lipinski definition) is 5. The molecule has 1 fully saturated rings. The number of nitriles is 1. The molecule has 2 aromatic carbocycles. The summed E-state index contributed by atoms with van der Waals surface area (Å²) < 4.78 is 0. The average Bonchev–Trinajstić information content (AvgIpc) is 2.96. The Kier molecular flexibility index (Phi) is 6.12. The van der Waals surface area contributed by atoms with Crippen LogP contribution in [0, 0.1) is 18.4 Å². The maximum atomic E-state index is 13.0. The number of thioether (sulfide) groups is 1. The molecule has 0 aromatic heterocycles. The van der Waals surface area contributed by atoms with Gasteiger partial charge in [0.1, 0.15) is 5.25 Å². The molecule has 1 heterocycles. The number of amides is 2. The zero-order chi connectivity index (χ0) is 20.1. The van der Waals surface area contributed by atoms with E-state index >= 15 is 0 Å². The summed E-state index contributed by atoms with van der Waals surface area (Å²) in [5.41, 5.74) is 3.19. The van der Waals surface area contributed by atoms with Gasteiger partial charge < -0.3 is 0 Å². The van der Waals surface area contributed by atoms with Crippen LogP contribution >= 0.6 is 11.8 Å². The molecule has 28 heavy (non-hydrogen) atoms. The van der Waals surface area contributed by atoms with Gasteiger partial charge in [-0.25, -0.2) is 9.89 Å². The molecular formula is C21H20N4O2S. The number of imide groups is 1. The van der Waals surface area contributed by atoms with Crippen LogP contribution in [-0.4, -0.2) is 22.2 Å². The van der Waals surface area contributed by atoms with Gasteiger partial charge in [0.2, 0.25) is 11.8 Å². The highest BCUT2D eigenvalue weighted by molar-refractivity contribution is 8.15. The van der Waals surface area contributed by atoms with Gasteiger partial charge in [-0.05, 0) is 36.6 Å². The van der Waals surface area contributed by atoms with Crippen molar-refractivity contribution in [3.63, 3.8) is 0 Å². The van der Waals surface area contributed by atoms with Crippen molar-refractivity contribution in [2.75, 3.05) is 4.90 Å². The molecule has 6 nitrogen and oxygen atoms in total. The van der Waals surface area contributed by atoms with E-state index in [0.717, 1.165) is 29.3 Å². The number of anilines is 1. The van der Waals surface area contributed by atoms with E-state index in [2.05, 4.69) is 10.3 Å². The Morgan fingerprint density at radius 2 is 2.00 bits per heavy atom. The molecule has 2 amide bonds. The van der Waals surface area contributed by atoms with Crippen molar-refractivity contribution >= 4 is 40.1 Å². The Morgan fingerprint density at radius 3 is 2.68 bits per heavy atom. The number of hydrogen-bond donors (Lipinski definition) is 1. The third-order valence-electron chi connectivity index (χ3n) is 4.43. The molecule has 7 heteroatoms. The van der Waals surface area contributed by atoms with Crippen molar-refractivity contribution in [2.45, 2.75) is 31.9 Å². The minimum absolute atomic E-state index is 0.0713. The van der Waals surface area contributed by atoms with Gasteiger partial charge in [-0.15, -0.1) is 0 Å². The van der Waals surface area contributed by atoms with Crippen LogP contribution in [0.5, 0.6) is 0 Å². The molecule has 0 bridgehead atoms. The first-order valence-corrected chi connectivity index (χ1v) is 9.84. The van der Waals surface area contributed by atoms with Crippen molar-refractivity contribution < 1.29 is 9.59 Å². The summed E-state index contributed by atoms with van der Waals surface area (Å²) in [6.07, 6.45) is 2.64. The standard InChI is InChI=1S/C21H20N4O2S/c1-3-15-9-7-8-14(2)19(15)25-18(26)12-17(20(25)27)28-21(23-13-22)24-16-10-5-4-6-11-16/h4-11,17H,3,12H2,1-2H3,(H,23,24)/t17-/m1/s1. The predicted molar refractivity (Wildman–Crippen MR) is 111 cm³/mol. The number of nitrogens with zero attached hydrogens (tertiary/aromatic N) is 3. The average molecular weight is 392 g/mol. The highest BCUT2D eigenvalue weighted by Crippen LogP contribution is 2.34. The summed E-state index contributed by atoms with van der Waals surface area (Å²) in [4.78, 5) is 31.4. The zero-order valence-electron chi connectivity index (χ0n) is 15.7. The molecule has 0 radical (unpaired) electrons. The van der Waals surface area contributed by atoms with Gasteiger partial charge in [0.25, 0.3) is 0 Å². The topological polar surface area (TPSA) is 85.6 Å². The van der Waals surface area contributed by atoms with Crippen LogP contribution in [0.1, 0.15) is 24.5 Å². The third kappa shape index (κ3) is 4.07. The second-order valence-corrected chi connectivity index (χ2v) is 7.49. The number of aliphatic imine (C=N–C) groups is 1. The van der Waals surface area contributed by atoms with Crippen LogP contribution in [0.3, 0.4) is 0 Å². The number of carbonyl (C=O) groups excluding carboxylic acids is 2. The zero-order valence-corrected chi connectivity index (χ0v) is 16.5. The van der Waals surface area contributed by atoms with E-state index in [1.807, 2.05) is 56.4 Å². The summed E-state index contributed by atoms with van der Waals surface area (Å²) in [5.74, 6) is -0.512. The molecule has 1 saturated heterocycles. The third-order valence-corrected chi connectivity index (χ3v) is 5.50. The Bertz CT molecular complexity index is 966. The van der Waals surface area contributed by atoms with Crippen LogP contribution in [0.25, 0.3) is 0 Å². The molecule has 1 N–H and O–H groups in total. The van der Waals surface area contributed by atoms with Gasteiger partial charge >= 0.3 is 0 Å². The van der Waals surface area contributed by atoms with Crippen LogP contribution < -0.4 is 10.2 Å². The largest absolute Gasteiger partial charge is 0.274 e. The van der Waals surface area contributed by atoms with Crippen LogP contribution in [0.2, 0.25) is 0 Å². The normalized spacial score (nSPS) is 17.0. The Balaban J connectivity index is 1.87. The van der Waals surface area contributed by atoms with Crippen molar-refractivity contribution in [2.24, 2.45) is 4.99 Å². The molecule has 1 aliphatic rings. The van der Waals surface area contributed by atoms with Crippen molar-refractivity contribution in [3.8, 4) is 6.19 Å². The molecule has 0 spiro atoms. The maximum absolute atomic E-state index is 13.0. The van der Waals surface area contributed by atoms with Crippen molar-refractivity contribution in [3.05, 3.63) is 59.7 Å². The molecule has 0 unspecified atom stereocenters. The Hall–Kier alpha value is -3.11. The van der Waals surface area contributed by atoms with E-state index in [-0.39, 0.29) is 18.2 Å². The van der Waals surface area contributed by atoms with Crippen molar-refractivity contribution in [1.82, 2.24) is 5.32 Å². The number of amidine groups is 1. The van der Waals surface area contributed by atoms with Gasteiger partial charge in [-0.2, -0.15) is 5.26 Å². The second kappa shape index (κ2) is 8.72. The first-order valence-electron chi connectivity index (χ1n) is 8.96. The fraction of sp³-hybridized carbons (Fsp3) is 0.238.